The van der Waals surface area contributed by atoms with E-state index in [2.05, 4.69) is 46.6 Å². The molecular weight excluding hydrogens is 488 g/mol. The third kappa shape index (κ3) is 3.89. The van der Waals surface area contributed by atoms with Crippen LogP contribution in [0.25, 0.3) is 16.9 Å². The van der Waals surface area contributed by atoms with Crippen LogP contribution in [0.3, 0.4) is 0 Å². The van der Waals surface area contributed by atoms with Crippen LogP contribution in [-0.4, -0.2) is 37.5 Å². The normalized spacial score (nSPS) is 17.6. The van der Waals surface area contributed by atoms with Crippen LogP contribution < -0.4 is 16.2 Å². The number of pyridine rings is 1. The van der Waals surface area contributed by atoms with Gasteiger partial charge in [-0.15, -0.1) is 0 Å². The maximum absolute atomic E-state index is 14.7. The van der Waals surface area contributed by atoms with E-state index in [1.54, 1.807) is 4.68 Å². The van der Waals surface area contributed by atoms with E-state index in [0.717, 1.165) is 18.8 Å². The van der Waals surface area contributed by atoms with Gasteiger partial charge in [0.05, 0.1) is 5.69 Å². The molecule has 1 aromatic carbocycles. The molecule has 1 fully saturated rings. The van der Waals surface area contributed by atoms with Crippen molar-refractivity contribution in [1.29, 1.82) is 0 Å². The highest BCUT2D eigenvalue weighted by molar-refractivity contribution is 5.77. The maximum atomic E-state index is 14.7. The number of alkyl halides is 1. The number of benzene rings is 1. The Labute approximate surface area is 219 Å². The first-order valence-electron chi connectivity index (χ1n) is 13.0. The lowest BCUT2D eigenvalue weighted by Crippen LogP contribution is -2.38. The molecule has 0 atom stereocenters. The number of nitrogens with zero attached hydrogens (tertiary/aromatic N) is 5. The van der Waals surface area contributed by atoms with E-state index in [0.29, 0.717) is 35.6 Å². The van der Waals surface area contributed by atoms with E-state index < -0.39 is 17.9 Å². The first-order valence-corrected chi connectivity index (χ1v) is 13.0. The van der Waals surface area contributed by atoms with Crippen molar-refractivity contribution in [2.75, 3.05) is 18.5 Å². The van der Waals surface area contributed by atoms with Crippen LogP contribution in [0.2, 0.25) is 0 Å². The highest BCUT2D eigenvalue weighted by Crippen LogP contribution is 2.48. The minimum atomic E-state index is -0.885. The molecule has 0 saturated heterocycles. The summed E-state index contributed by atoms with van der Waals surface area (Å²) in [7, 11) is 0. The molecule has 198 valence electrons. The molecule has 8 nitrogen and oxygen atoms in total. The molecule has 0 spiro atoms. The van der Waals surface area contributed by atoms with Gasteiger partial charge < -0.3 is 10.6 Å². The number of halogens is 2. The molecule has 2 aliphatic rings. The van der Waals surface area contributed by atoms with E-state index in [9.17, 15) is 13.6 Å². The lowest BCUT2D eigenvalue weighted by molar-refractivity contribution is 0.398. The van der Waals surface area contributed by atoms with Crippen molar-refractivity contribution in [1.82, 2.24) is 29.6 Å². The Morgan fingerprint density at radius 1 is 1.16 bits per heavy atom. The molecule has 0 radical (unpaired) electrons. The van der Waals surface area contributed by atoms with Gasteiger partial charge in [0.2, 0.25) is 5.95 Å². The largest absolute Gasteiger partial charge is 0.324 e. The molecule has 4 heterocycles. The van der Waals surface area contributed by atoms with E-state index in [1.165, 1.54) is 34.1 Å². The van der Waals surface area contributed by atoms with Gasteiger partial charge in [0.1, 0.15) is 17.9 Å². The topological polar surface area (TPSA) is 89.7 Å². The fourth-order valence-corrected chi connectivity index (χ4v) is 5.46. The van der Waals surface area contributed by atoms with Crippen molar-refractivity contribution in [3.05, 3.63) is 69.5 Å². The Morgan fingerprint density at radius 3 is 2.66 bits per heavy atom. The summed E-state index contributed by atoms with van der Waals surface area (Å²) in [6, 6.07) is 8.77. The summed E-state index contributed by atoms with van der Waals surface area (Å²) in [6.45, 7) is 9.21. The van der Waals surface area contributed by atoms with E-state index in [1.807, 2.05) is 19.9 Å². The zero-order chi connectivity index (χ0) is 26.8. The number of hydrogen-bond donors (Lipinski definition) is 2. The molecule has 2 N–H and O–H groups in total. The van der Waals surface area contributed by atoms with Crippen LogP contribution in [0.15, 0.2) is 41.3 Å². The van der Waals surface area contributed by atoms with Crippen molar-refractivity contribution in [3.8, 4) is 5.82 Å². The van der Waals surface area contributed by atoms with Crippen LogP contribution in [0.5, 0.6) is 0 Å². The molecule has 1 saturated carbocycles. The zero-order valence-corrected chi connectivity index (χ0v) is 22.0. The number of anilines is 2. The van der Waals surface area contributed by atoms with Gasteiger partial charge in [0, 0.05) is 41.8 Å². The molecule has 4 aromatic rings. The van der Waals surface area contributed by atoms with Gasteiger partial charge in [0.25, 0.3) is 5.56 Å². The number of aromatic nitrogens is 5. The fraction of sp³-hybridized carbons (Fsp3) is 0.429. The monoisotopic (exact) mass is 519 g/mol. The van der Waals surface area contributed by atoms with Crippen LogP contribution in [0, 0.1) is 5.82 Å². The SMILES string of the molecule is CC(C)n1c(=O)c2cnc(Nc3ccc4c(c3)CNCC4(C)C)nc2n1-c1ccc(F)c(C2(CF)CC2)n1. The number of fused-ring (bicyclic) bond motifs is 2. The average Bonchev–Trinajstić information content (AvgIpc) is 3.62. The van der Waals surface area contributed by atoms with Crippen molar-refractivity contribution >= 4 is 22.7 Å². The predicted molar refractivity (Wildman–Crippen MR) is 143 cm³/mol. The quantitative estimate of drug-likeness (QED) is 0.380. The Bertz CT molecular complexity index is 1620. The summed E-state index contributed by atoms with van der Waals surface area (Å²) in [5.74, 6) is 0.0921. The Balaban J connectivity index is 1.45. The van der Waals surface area contributed by atoms with Crippen molar-refractivity contribution in [2.24, 2.45) is 0 Å². The second kappa shape index (κ2) is 8.69. The summed E-state index contributed by atoms with van der Waals surface area (Å²) in [4.78, 5) is 27.0. The third-order valence-electron chi connectivity index (χ3n) is 7.75. The minimum absolute atomic E-state index is 0.0412. The smallest absolute Gasteiger partial charge is 0.278 e. The van der Waals surface area contributed by atoms with Gasteiger partial charge in [-0.3, -0.25) is 9.18 Å². The molecule has 1 aliphatic heterocycles. The van der Waals surface area contributed by atoms with Gasteiger partial charge in [-0.2, -0.15) is 4.98 Å². The van der Waals surface area contributed by atoms with Gasteiger partial charge in [-0.1, -0.05) is 19.9 Å². The molecule has 3 aromatic heterocycles. The van der Waals surface area contributed by atoms with Crippen molar-refractivity contribution in [3.63, 3.8) is 0 Å². The summed E-state index contributed by atoms with van der Waals surface area (Å²) >= 11 is 0. The van der Waals surface area contributed by atoms with Crippen LogP contribution in [-0.2, 0) is 17.4 Å². The first-order chi connectivity index (χ1) is 18.1. The molecule has 0 bridgehead atoms. The highest BCUT2D eigenvalue weighted by Gasteiger charge is 2.48. The minimum Gasteiger partial charge on any atom is -0.324 e. The lowest BCUT2D eigenvalue weighted by Gasteiger charge is -2.33. The van der Waals surface area contributed by atoms with Gasteiger partial charge in [-0.25, -0.2) is 23.7 Å². The summed E-state index contributed by atoms with van der Waals surface area (Å²) in [5, 5.41) is 7.05. The average molecular weight is 520 g/mol. The summed E-state index contributed by atoms with van der Waals surface area (Å²) < 4.78 is 31.6. The van der Waals surface area contributed by atoms with Gasteiger partial charge >= 0.3 is 0 Å². The molecular formula is C28H31F2N7O. The molecule has 6 rings (SSSR count). The molecule has 38 heavy (non-hydrogen) atoms. The zero-order valence-electron chi connectivity index (χ0n) is 22.0. The third-order valence-corrected chi connectivity index (χ3v) is 7.75. The van der Waals surface area contributed by atoms with Crippen molar-refractivity contribution < 1.29 is 8.78 Å². The summed E-state index contributed by atoms with van der Waals surface area (Å²) in [6.07, 6.45) is 2.59. The molecule has 0 amide bonds. The number of hydrogen-bond acceptors (Lipinski definition) is 6. The Morgan fingerprint density at radius 2 is 1.95 bits per heavy atom. The molecule has 10 heteroatoms. The molecule has 1 aliphatic carbocycles. The lowest BCUT2D eigenvalue weighted by atomic mass is 9.79. The first kappa shape index (κ1) is 24.7. The second-order valence-electron chi connectivity index (χ2n) is 11.4. The maximum Gasteiger partial charge on any atom is 0.278 e. The highest BCUT2D eigenvalue weighted by atomic mass is 19.1. The van der Waals surface area contributed by atoms with E-state index in [4.69, 9.17) is 4.98 Å². The Kier molecular flexibility index (Phi) is 5.64. The molecule has 0 unspecified atom stereocenters. The fourth-order valence-electron chi connectivity index (χ4n) is 5.46. The van der Waals surface area contributed by atoms with Crippen LogP contribution in [0.4, 0.5) is 20.4 Å². The van der Waals surface area contributed by atoms with Crippen molar-refractivity contribution in [2.45, 2.75) is 64.0 Å². The van der Waals surface area contributed by atoms with Crippen LogP contribution in [0.1, 0.15) is 63.4 Å². The second-order valence-corrected chi connectivity index (χ2v) is 11.4. The summed E-state index contributed by atoms with van der Waals surface area (Å²) in [5.41, 5.74) is 2.67. The van der Waals surface area contributed by atoms with Gasteiger partial charge in [-0.05, 0) is 62.1 Å². The standard InChI is InChI=1S/C28H31F2N7O/c1-16(2)36-25(38)19-13-32-26(33-18-5-6-20-17(11-18)12-31-15-27(20,3)4)35-24(19)37(36)22-8-7-21(30)23(34-22)28(14-29)9-10-28/h5-8,11,13,16,31H,9-10,12,14-15H2,1-4H3,(H,32,33,35). The number of nitrogens with one attached hydrogen (secondary N) is 2. The van der Waals surface area contributed by atoms with Crippen LogP contribution >= 0.6 is 0 Å². The van der Waals surface area contributed by atoms with Gasteiger partial charge in [0.15, 0.2) is 11.5 Å². The number of rotatable bonds is 6. The Hall–Kier alpha value is -3.66. The predicted octanol–water partition coefficient (Wildman–Crippen LogP) is 4.82. The van der Waals surface area contributed by atoms with E-state index >= 15 is 0 Å². The van der Waals surface area contributed by atoms with E-state index in [-0.39, 0.29) is 22.7 Å².